The Bertz CT molecular complexity index is 350. The molecule has 0 saturated carbocycles. The molecule has 0 unspecified atom stereocenters. The van der Waals surface area contributed by atoms with Crippen molar-refractivity contribution in [1.82, 2.24) is 0 Å². The van der Waals surface area contributed by atoms with E-state index >= 15 is 0 Å². The first-order chi connectivity index (χ1) is 6.27. The lowest BCUT2D eigenvalue weighted by molar-refractivity contribution is 0.951. The summed E-state index contributed by atoms with van der Waals surface area (Å²) in [6, 6.07) is 6.60. The summed E-state index contributed by atoms with van der Waals surface area (Å²) in [5.41, 5.74) is 5.35. The lowest BCUT2D eigenvalue weighted by Crippen LogP contribution is -1.99. The minimum Gasteiger partial charge on any atom is -0.289 e. The van der Waals surface area contributed by atoms with Crippen LogP contribution in [-0.4, -0.2) is 12.3 Å². The van der Waals surface area contributed by atoms with Gasteiger partial charge in [-0.15, -0.1) is 0 Å². The van der Waals surface area contributed by atoms with Crippen molar-refractivity contribution < 1.29 is 0 Å². The number of hydrogen-bond donors (Lipinski definition) is 0. The zero-order valence-corrected chi connectivity index (χ0v) is 8.30. The van der Waals surface area contributed by atoms with Crippen molar-refractivity contribution in [2.24, 2.45) is 4.99 Å². The van der Waals surface area contributed by atoms with Crippen molar-refractivity contribution in [3.05, 3.63) is 34.9 Å². The molecule has 0 radical (unpaired) electrons. The predicted molar refractivity (Wildman–Crippen MR) is 56.6 cm³/mol. The molecule has 0 atom stereocenters. The number of aliphatic imine (C=N–C) groups is 1. The molecule has 0 aliphatic carbocycles. The molecule has 13 heavy (non-hydrogen) atoms. The average Bonchev–Trinajstić information content (AvgIpc) is 2.61. The van der Waals surface area contributed by atoms with Crippen LogP contribution in [0, 0.1) is 13.8 Å². The van der Waals surface area contributed by atoms with Gasteiger partial charge in [0.2, 0.25) is 0 Å². The van der Waals surface area contributed by atoms with E-state index < -0.39 is 0 Å². The quantitative estimate of drug-likeness (QED) is 0.619. The second-order valence-electron chi connectivity index (χ2n) is 3.75. The fourth-order valence-corrected chi connectivity index (χ4v) is 1.81. The van der Waals surface area contributed by atoms with E-state index in [1.54, 1.807) is 0 Å². The van der Waals surface area contributed by atoms with Crippen LogP contribution in [0.2, 0.25) is 0 Å². The third kappa shape index (κ3) is 1.64. The Balaban J connectivity index is 2.43. The van der Waals surface area contributed by atoms with Crippen LogP contribution < -0.4 is 0 Å². The molecule has 0 fully saturated rings. The molecule has 1 aliphatic rings. The topological polar surface area (TPSA) is 12.4 Å². The van der Waals surface area contributed by atoms with Crippen LogP contribution in [-0.2, 0) is 0 Å². The number of aryl methyl sites for hydroxylation is 2. The molecule has 1 heterocycles. The lowest BCUT2D eigenvalue weighted by atomic mass is 10.00. The summed E-state index contributed by atoms with van der Waals surface area (Å²) in [4.78, 5) is 4.52. The number of hydrogen-bond acceptors (Lipinski definition) is 1. The number of benzene rings is 1. The summed E-state index contributed by atoms with van der Waals surface area (Å²) in [5.74, 6) is 0. The standard InChI is InChI=1S/C12H15N/c1-9-5-6-10(2)11(8-9)12-4-3-7-13-12/h5-6,8H,3-4,7H2,1-2H3. The van der Waals surface area contributed by atoms with Gasteiger partial charge in [0.1, 0.15) is 0 Å². The first-order valence-electron chi connectivity index (χ1n) is 4.88. The second-order valence-corrected chi connectivity index (χ2v) is 3.75. The van der Waals surface area contributed by atoms with Crippen molar-refractivity contribution in [3.8, 4) is 0 Å². The number of rotatable bonds is 1. The highest BCUT2D eigenvalue weighted by Crippen LogP contribution is 2.17. The molecule has 1 nitrogen and oxygen atoms in total. The van der Waals surface area contributed by atoms with Crippen LogP contribution in [0.3, 0.4) is 0 Å². The maximum Gasteiger partial charge on any atom is 0.0423 e. The van der Waals surface area contributed by atoms with Crippen molar-refractivity contribution in [3.63, 3.8) is 0 Å². The van der Waals surface area contributed by atoms with Gasteiger partial charge in [-0.2, -0.15) is 0 Å². The highest BCUT2D eigenvalue weighted by molar-refractivity contribution is 6.02. The summed E-state index contributed by atoms with van der Waals surface area (Å²) in [6.07, 6.45) is 2.38. The summed E-state index contributed by atoms with van der Waals surface area (Å²) >= 11 is 0. The van der Waals surface area contributed by atoms with E-state index in [4.69, 9.17) is 0 Å². The summed E-state index contributed by atoms with van der Waals surface area (Å²) in [5, 5.41) is 0. The van der Waals surface area contributed by atoms with Crippen LogP contribution in [0.15, 0.2) is 23.2 Å². The average molecular weight is 173 g/mol. The largest absolute Gasteiger partial charge is 0.289 e. The summed E-state index contributed by atoms with van der Waals surface area (Å²) in [6.45, 7) is 5.32. The first-order valence-corrected chi connectivity index (χ1v) is 4.88. The van der Waals surface area contributed by atoms with Gasteiger partial charge in [0.15, 0.2) is 0 Å². The molecule has 0 N–H and O–H groups in total. The minimum absolute atomic E-state index is 1.02. The first kappa shape index (κ1) is 8.49. The van der Waals surface area contributed by atoms with E-state index in [0.29, 0.717) is 0 Å². The highest BCUT2D eigenvalue weighted by Gasteiger charge is 2.10. The van der Waals surface area contributed by atoms with Crippen LogP contribution in [0.5, 0.6) is 0 Å². The van der Waals surface area contributed by atoms with Crippen molar-refractivity contribution in [2.75, 3.05) is 6.54 Å². The molecular weight excluding hydrogens is 158 g/mol. The van der Waals surface area contributed by atoms with E-state index in [-0.39, 0.29) is 0 Å². The fourth-order valence-electron chi connectivity index (χ4n) is 1.81. The third-order valence-corrected chi connectivity index (χ3v) is 2.58. The Hall–Kier alpha value is -1.11. The van der Waals surface area contributed by atoms with Gasteiger partial charge in [-0.3, -0.25) is 4.99 Å². The SMILES string of the molecule is Cc1ccc(C)c(C2=NCCC2)c1. The zero-order valence-electron chi connectivity index (χ0n) is 8.30. The fraction of sp³-hybridized carbons (Fsp3) is 0.417. The Morgan fingerprint density at radius 3 is 2.77 bits per heavy atom. The van der Waals surface area contributed by atoms with E-state index in [2.05, 4.69) is 37.0 Å². The maximum atomic E-state index is 4.52. The third-order valence-electron chi connectivity index (χ3n) is 2.58. The molecular formula is C12H15N. The smallest absolute Gasteiger partial charge is 0.0423 e. The minimum atomic E-state index is 1.02. The van der Waals surface area contributed by atoms with Crippen molar-refractivity contribution in [2.45, 2.75) is 26.7 Å². The lowest BCUT2D eigenvalue weighted by Gasteiger charge is -2.06. The molecule has 0 aromatic heterocycles. The van der Waals surface area contributed by atoms with E-state index in [1.165, 1.54) is 28.8 Å². The predicted octanol–water partition coefficient (Wildman–Crippen LogP) is 2.89. The second kappa shape index (κ2) is 3.33. The Kier molecular flexibility index (Phi) is 2.17. The van der Waals surface area contributed by atoms with E-state index in [0.717, 1.165) is 13.0 Å². The van der Waals surface area contributed by atoms with Crippen molar-refractivity contribution >= 4 is 5.71 Å². The highest BCUT2D eigenvalue weighted by atomic mass is 14.8. The molecule has 0 bridgehead atoms. The van der Waals surface area contributed by atoms with E-state index in [1.807, 2.05) is 0 Å². The van der Waals surface area contributed by atoms with Gasteiger partial charge in [0.25, 0.3) is 0 Å². The van der Waals surface area contributed by atoms with Gasteiger partial charge in [-0.1, -0.05) is 17.7 Å². The Morgan fingerprint density at radius 2 is 2.08 bits per heavy atom. The Morgan fingerprint density at radius 1 is 1.23 bits per heavy atom. The van der Waals surface area contributed by atoms with Gasteiger partial charge in [0, 0.05) is 12.3 Å². The van der Waals surface area contributed by atoms with Gasteiger partial charge in [-0.25, -0.2) is 0 Å². The molecule has 2 rings (SSSR count). The summed E-state index contributed by atoms with van der Waals surface area (Å²) in [7, 11) is 0. The zero-order chi connectivity index (χ0) is 9.26. The van der Waals surface area contributed by atoms with Crippen LogP contribution in [0.25, 0.3) is 0 Å². The molecule has 0 amide bonds. The Labute approximate surface area is 79.5 Å². The van der Waals surface area contributed by atoms with E-state index in [9.17, 15) is 0 Å². The molecule has 1 heteroatoms. The molecule has 1 aromatic carbocycles. The maximum absolute atomic E-state index is 4.52. The molecule has 68 valence electrons. The van der Waals surface area contributed by atoms with Gasteiger partial charge in [0.05, 0.1) is 0 Å². The van der Waals surface area contributed by atoms with Crippen LogP contribution in [0.4, 0.5) is 0 Å². The van der Waals surface area contributed by atoms with Gasteiger partial charge in [-0.05, 0) is 43.9 Å². The molecule has 1 aromatic rings. The normalized spacial score (nSPS) is 16.0. The van der Waals surface area contributed by atoms with Gasteiger partial charge >= 0.3 is 0 Å². The number of nitrogens with zero attached hydrogens (tertiary/aromatic N) is 1. The summed E-state index contributed by atoms with van der Waals surface area (Å²) < 4.78 is 0. The molecule has 0 saturated heterocycles. The molecule has 0 spiro atoms. The monoisotopic (exact) mass is 173 g/mol. The molecule has 1 aliphatic heterocycles. The van der Waals surface area contributed by atoms with Crippen LogP contribution in [0.1, 0.15) is 29.5 Å². The van der Waals surface area contributed by atoms with Gasteiger partial charge < -0.3 is 0 Å². The van der Waals surface area contributed by atoms with Crippen LogP contribution >= 0.6 is 0 Å². The van der Waals surface area contributed by atoms with Crippen molar-refractivity contribution in [1.29, 1.82) is 0 Å².